The van der Waals surface area contributed by atoms with Crippen LogP contribution in [0.25, 0.3) is 0 Å². The fourth-order valence-electron chi connectivity index (χ4n) is 2.54. The zero-order valence-electron chi connectivity index (χ0n) is 13.0. The Labute approximate surface area is 121 Å². The first-order valence-electron chi connectivity index (χ1n) is 7.33. The molecule has 0 aliphatic carbocycles. The van der Waals surface area contributed by atoms with Gasteiger partial charge < -0.3 is 5.32 Å². The van der Waals surface area contributed by atoms with E-state index < -0.39 is 0 Å². The number of nitrogens with zero attached hydrogens (tertiary/aromatic N) is 4. The zero-order valence-corrected chi connectivity index (χ0v) is 13.0. The van der Waals surface area contributed by atoms with Gasteiger partial charge in [-0.3, -0.25) is 9.36 Å². The molecule has 2 rings (SSSR count). The van der Waals surface area contributed by atoms with Crippen LogP contribution in [0.15, 0.2) is 12.4 Å². The lowest BCUT2D eigenvalue weighted by atomic mass is 10.1. The summed E-state index contributed by atoms with van der Waals surface area (Å²) >= 11 is 0. The summed E-state index contributed by atoms with van der Waals surface area (Å²) < 4.78 is 3.97. The van der Waals surface area contributed by atoms with Crippen molar-refractivity contribution in [1.29, 1.82) is 0 Å². The lowest BCUT2D eigenvalue weighted by molar-refractivity contribution is 0.592. The first kappa shape index (κ1) is 14.8. The Morgan fingerprint density at radius 1 is 1.25 bits per heavy atom. The quantitative estimate of drug-likeness (QED) is 0.781. The molecule has 0 aromatic carbocycles. The summed E-state index contributed by atoms with van der Waals surface area (Å²) in [5, 5.41) is 12.2. The fourth-order valence-corrected chi connectivity index (χ4v) is 2.54. The van der Waals surface area contributed by atoms with Crippen LogP contribution in [0.1, 0.15) is 29.4 Å². The number of likely N-dealkylation sites (N-methyl/N-ethyl adjacent to an activating group) is 1. The summed E-state index contributed by atoms with van der Waals surface area (Å²) in [5.41, 5.74) is 5.10. The largest absolute Gasteiger partial charge is 0.317 e. The van der Waals surface area contributed by atoms with E-state index in [-0.39, 0.29) is 0 Å². The average Bonchev–Trinajstić information content (AvgIpc) is 2.94. The summed E-state index contributed by atoms with van der Waals surface area (Å²) in [6.07, 6.45) is 6.02. The maximum Gasteiger partial charge on any atom is 0.0628 e. The smallest absolute Gasteiger partial charge is 0.0628 e. The molecular weight excluding hydrogens is 250 g/mol. The molecule has 0 bridgehead atoms. The molecule has 1 N–H and O–H groups in total. The van der Waals surface area contributed by atoms with Gasteiger partial charge in [-0.25, -0.2) is 0 Å². The van der Waals surface area contributed by atoms with Crippen LogP contribution in [0.2, 0.25) is 0 Å². The summed E-state index contributed by atoms with van der Waals surface area (Å²) in [6.45, 7) is 9.37. The first-order chi connectivity index (χ1) is 9.61. The lowest BCUT2D eigenvalue weighted by Gasteiger charge is -2.05. The molecule has 0 radical (unpaired) electrons. The molecule has 110 valence electrons. The highest BCUT2D eigenvalue weighted by Gasteiger charge is 2.11. The minimum atomic E-state index is 0.916. The van der Waals surface area contributed by atoms with Crippen molar-refractivity contribution >= 4 is 0 Å². The highest BCUT2D eigenvalue weighted by atomic mass is 15.3. The second-order valence-corrected chi connectivity index (χ2v) is 5.25. The Hall–Kier alpha value is -1.62. The van der Waals surface area contributed by atoms with Crippen LogP contribution < -0.4 is 5.32 Å². The van der Waals surface area contributed by atoms with Gasteiger partial charge in [0.1, 0.15) is 0 Å². The van der Waals surface area contributed by atoms with Crippen molar-refractivity contribution in [1.82, 2.24) is 24.9 Å². The molecule has 2 aromatic heterocycles. The van der Waals surface area contributed by atoms with E-state index in [1.165, 1.54) is 16.8 Å². The summed E-state index contributed by atoms with van der Waals surface area (Å²) in [6, 6.07) is 0. The highest BCUT2D eigenvalue weighted by molar-refractivity contribution is 5.25. The predicted octanol–water partition coefficient (Wildman–Crippen LogP) is 1.63. The van der Waals surface area contributed by atoms with Gasteiger partial charge in [-0.05, 0) is 50.9 Å². The lowest BCUT2D eigenvalue weighted by Crippen LogP contribution is -2.16. The molecule has 0 amide bonds. The third-order valence-electron chi connectivity index (χ3n) is 3.70. The molecule has 2 aromatic rings. The van der Waals surface area contributed by atoms with Crippen molar-refractivity contribution in [2.24, 2.45) is 7.05 Å². The first-order valence-corrected chi connectivity index (χ1v) is 7.33. The van der Waals surface area contributed by atoms with Gasteiger partial charge in [-0.15, -0.1) is 0 Å². The van der Waals surface area contributed by atoms with E-state index in [4.69, 9.17) is 0 Å². The summed E-state index contributed by atoms with van der Waals surface area (Å²) in [5.74, 6) is 0. The molecule has 0 saturated carbocycles. The van der Waals surface area contributed by atoms with Gasteiger partial charge in [-0.1, -0.05) is 6.92 Å². The van der Waals surface area contributed by atoms with Gasteiger partial charge in [0.15, 0.2) is 0 Å². The van der Waals surface area contributed by atoms with Crippen LogP contribution in [0, 0.1) is 13.8 Å². The molecule has 0 aliphatic heterocycles. The summed E-state index contributed by atoms with van der Waals surface area (Å²) in [7, 11) is 1.95. The van der Waals surface area contributed by atoms with Gasteiger partial charge in [0.25, 0.3) is 0 Å². The van der Waals surface area contributed by atoms with Gasteiger partial charge in [0.05, 0.1) is 11.9 Å². The van der Waals surface area contributed by atoms with E-state index >= 15 is 0 Å². The van der Waals surface area contributed by atoms with Crippen molar-refractivity contribution in [2.45, 2.75) is 40.2 Å². The molecule has 20 heavy (non-hydrogen) atoms. The Morgan fingerprint density at radius 2 is 2.05 bits per heavy atom. The molecule has 5 nitrogen and oxygen atoms in total. The predicted molar refractivity (Wildman–Crippen MR) is 80.9 cm³/mol. The number of aromatic nitrogens is 4. The van der Waals surface area contributed by atoms with Crippen molar-refractivity contribution < 1.29 is 0 Å². The van der Waals surface area contributed by atoms with Crippen molar-refractivity contribution in [3.63, 3.8) is 0 Å². The topological polar surface area (TPSA) is 47.7 Å². The van der Waals surface area contributed by atoms with Crippen LogP contribution in [0.4, 0.5) is 0 Å². The maximum atomic E-state index is 4.67. The Morgan fingerprint density at radius 3 is 2.70 bits per heavy atom. The van der Waals surface area contributed by atoms with Crippen LogP contribution in [0.3, 0.4) is 0 Å². The number of nitrogens with one attached hydrogen (secondary N) is 1. The minimum absolute atomic E-state index is 0.916. The van der Waals surface area contributed by atoms with Crippen LogP contribution in [-0.2, 0) is 26.4 Å². The van der Waals surface area contributed by atoms with Crippen molar-refractivity contribution in [3.05, 3.63) is 34.9 Å². The summed E-state index contributed by atoms with van der Waals surface area (Å²) in [4.78, 5) is 0. The highest BCUT2D eigenvalue weighted by Crippen LogP contribution is 2.14. The van der Waals surface area contributed by atoms with Gasteiger partial charge in [-0.2, -0.15) is 10.2 Å². The molecule has 5 heteroatoms. The van der Waals surface area contributed by atoms with E-state index in [1.807, 2.05) is 17.9 Å². The SMILES string of the molecule is CCNCCc1c(C)nn(CCc2cnn(C)c2)c1C. The monoisotopic (exact) mass is 275 g/mol. The molecule has 0 aliphatic rings. The number of aryl methyl sites for hydroxylation is 4. The second-order valence-electron chi connectivity index (χ2n) is 5.25. The third kappa shape index (κ3) is 3.48. The van der Waals surface area contributed by atoms with E-state index in [1.54, 1.807) is 0 Å². The number of rotatable bonds is 7. The van der Waals surface area contributed by atoms with E-state index in [9.17, 15) is 0 Å². The molecule has 0 fully saturated rings. The molecular formula is C15H25N5. The number of hydrogen-bond donors (Lipinski definition) is 1. The average molecular weight is 275 g/mol. The molecule has 0 unspecified atom stereocenters. The third-order valence-corrected chi connectivity index (χ3v) is 3.70. The van der Waals surface area contributed by atoms with Gasteiger partial charge in [0.2, 0.25) is 0 Å². The van der Waals surface area contributed by atoms with Crippen molar-refractivity contribution in [3.8, 4) is 0 Å². The van der Waals surface area contributed by atoms with E-state index in [0.717, 1.165) is 38.2 Å². The standard InChI is InChI=1S/C15H25N5/c1-5-16-8-6-15-12(2)18-20(13(15)3)9-7-14-10-17-19(4)11-14/h10-11,16H,5-9H2,1-4H3. The molecule has 2 heterocycles. The molecule has 0 saturated heterocycles. The number of hydrogen-bond acceptors (Lipinski definition) is 3. The van der Waals surface area contributed by atoms with Gasteiger partial charge >= 0.3 is 0 Å². The van der Waals surface area contributed by atoms with Crippen LogP contribution in [-0.4, -0.2) is 32.7 Å². The van der Waals surface area contributed by atoms with Crippen LogP contribution in [0.5, 0.6) is 0 Å². The minimum Gasteiger partial charge on any atom is -0.317 e. The molecule has 0 spiro atoms. The van der Waals surface area contributed by atoms with Crippen molar-refractivity contribution in [2.75, 3.05) is 13.1 Å². The Kier molecular flexibility index (Phi) is 4.95. The zero-order chi connectivity index (χ0) is 14.5. The Balaban J connectivity index is 1.99. The molecule has 0 atom stereocenters. The fraction of sp³-hybridized carbons (Fsp3) is 0.600. The van der Waals surface area contributed by atoms with E-state index in [0.29, 0.717) is 0 Å². The maximum absolute atomic E-state index is 4.67. The normalized spacial score (nSPS) is 11.2. The van der Waals surface area contributed by atoms with Crippen LogP contribution >= 0.6 is 0 Å². The van der Waals surface area contributed by atoms with Gasteiger partial charge in [0, 0.05) is 25.5 Å². The Bertz CT molecular complexity index is 553. The van der Waals surface area contributed by atoms with E-state index in [2.05, 4.69) is 47.2 Å². The second kappa shape index (κ2) is 6.70.